The van der Waals surface area contributed by atoms with Crippen molar-refractivity contribution in [1.29, 1.82) is 0 Å². The second kappa shape index (κ2) is 15.7. The zero-order valence-corrected chi connectivity index (χ0v) is 23.5. The molecule has 0 atom stereocenters. The van der Waals surface area contributed by atoms with Crippen LogP contribution in [0, 0.1) is 0 Å². The van der Waals surface area contributed by atoms with Crippen LogP contribution in [0.4, 0.5) is 0 Å². The molecular weight excluding hydrogens is 474 g/mol. The van der Waals surface area contributed by atoms with E-state index < -0.39 is 0 Å². The molecule has 0 spiro atoms. The van der Waals surface area contributed by atoms with Gasteiger partial charge in [-0.05, 0) is 98.1 Å². The highest BCUT2D eigenvalue weighted by molar-refractivity contribution is 5.29. The predicted octanol–water partition coefficient (Wildman–Crippen LogP) is 8.49. The molecule has 2 heteroatoms. The minimum atomic E-state index is 0.611. The third-order valence-electron chi connectivity index (χ3n) is 7.27. The van der Waals surface area contributed by atoms with Gasteiger partial charge in [0, 0.05) is 0 Å². The van der Waals surface area contributed by atoms with Crippen molar-refractivity contribution in [3.8, 4) is 5.75 Å². The molecule has 4 rings (SSSR count). The van der Waals surface area contributed by atoms with Gasteiger partial charge in [-0.15, -0.1) is 0 Å². The van der Waals surface area contributed by atoms with E-state index in [-0.39, 0.29) is 0 Å². The second-order valence-corrected chi connectivity index (χ2v) is 10.5. The SMILES string of the molecule is C=C(Cc1ccccc1)Cc1ccc(CCCN(CC)CCCc2ccc(OCc3ccccc3)cc2)cc1. The number of hydrogen-bond acceptors (Lipinski definition) is 2. The van der Waals surface area contributed by atoms with E-state index >= 15 is 0 Å². The van der Waals surface area contributed by atoms with Crippen LogP contribution in [0.1, 0.15) is 47.6 Å². The van der Waals surface area contributed by atoms with Gasteiger partial charge in [0.05, 0.1) is 0 Å². The first kappa shape index (κ1) is 28.4. The largest absolute Gasteiger partial charge is 0.489 e. The summed E-state index contributed by atoms with van der Waals surface area (Å²) in [4.78, 5) is 2.58. The Labute approximate surface area is 236 Å². The van der Waals surface area contributed by atoms with Gasteiger partial charge in [-0.1, -0.05) is 116 Å². The van der Waals surface area contributed by atoms with Crippen molar-refractivity contribution in [2.75, 3.05) is 19.6 Å². The Bertz CT molecular complexity index is 1230. The molecule has 0 saturated heterocycles. The number of hydrogen-bond donors (Lipinski definition) is 0. The number of nitrogens with zero attached hydrogens (tertiary/aromatic N) is 1. The van der Waals surface area contributed by atoms with Crippen molar-refractivity contribution in [1.82, 2.24) is 4.90 Å². The third kappa shape index (κ3) is 10.2. The Morgan fingerprint density at radius 1 is 0.590 bits per heavy atom. The maximum absolute atomic E-state index is 5.92. The molecule has 0 unspecified atom stereocenters. The fourth-order valence-corrected chi connectivity index (χ4v) is 4.99. The molecule has 0 N–H and O–H groups in total. The quantitative estimate of drug-likeness (QED) is 0.138. The molecule has 0 fully saturated rings. The fourth-order valence-electron chi connectivity index (χ4n) is 4.99. The van der Waals surface area contributed by atoms with E-state index in [1.807, 2.05) is 18.2 Å². The minimum Gasteiger partial charge on any atom is -0.489 e. The van der Waals surface area contributed by atoms with Gasteiger partial charge in [0.25, 0.3) is 0 Å². The number of aryl methyl sites for hydroxylation is 2. The van der Waals surface area contributed by atoms with Crippen LogP contribution >= 0.6 is 0 Å². The number of rotatable bonds is 16. The van der Waals surface area contributed by atoms with Crippen molar-refractivity contribution in [3.05, 3.63) is 149 Å². The smallest absolute Gasteiger partial charge is 0.119 e. The number of benzene rings is 4. The Morgan fingerprint density at radius 2 is 1.05 bits per heavy atom. The van der Waals surface area contributed by atoms with Crippen LogP contribution < -0.4 is 4.74 Å². The minimum absolute atomic E-state index is 0.611. The van der Waals surface area contributed by atoms with Crippen molar-refractivity contribution >= 4 is 0 Å². The first-order valence-corrected chi connectivity index (χ1v) is 14.4. The first-order chi connectivity index (χ1) is 19.2. The molecule has 0 saturated carbocycles. The van der Waals surface area contributed by atoms with E-state index in [1.54, 1.807) is 0 Å². The molecule has 202 valence electrons. The van der Waals surface area contributed by atoms with Crippen LogP contribution in [-0.4, -0.2) is 24.5 Å². The summed E-state index contributed by atoms with van der Waals surface area (Å²) in [5.41, 5.74) is 7.95. The molecule has 4 aromatic carbocycles. The highest BCUT2D eigenvalue weighted by atomic mass is 16.5. The summed E-state index contributed by atoms with van der Waals surface area (Å²) in [6.07, 6.45) is 6.51. The lowest BCUT2D eigenvalue weighted by atomic mass is 9.98. The van der Waals surface area contributed by atoms with E-state index in [4.69, 9.17) is 4.74 Å². The lowest BCUT2D eigenvalue weighted by Crippen LogP contribution is -2.26. The molecule has 39 heavy (non-hydrogen) atoms. The highest BCUT2D eigenvalue weighted by Crippen LogP contribution is 2.17. The average Bonchev–Trinajstić information content (AvgIpc) is 2.98. The molecule has 0 bridgehead atoms. The molecule has 4 aromatic rings. The topological polar surface area (TPSA) is 12.5 Å². The molecule has 0 amide bonds. The van der Waals surface area contributed by atoms with Crippen LogP contribution in [-0.2, 0) is 32.3 Å². The molecule has 0 heterocycles. The lowest BCUT2D eigenvalue weighted by Gasteiger charge is -2.20. The maximum atomic E-state index is 5.92. The Morgan fingerprint density at radius 3 is 1.59 bits per heavy atom. The van der Waals surface area contributed by atoms with Gasteiger partial charge in [0.15, 0.2) is 0 Å². The Hall–Kier alpha value is -3.62. The molecule has 0 aliphatic carbocycles. The third-order valence-corrected chi connectivity index (χ3v) is 7.27. The normalized spacial score (nSPS) is 11.0. The zero-order valence-electron chi connectivity index (χ0n) is 23.5. The van der Waals surface area contributed by atoms with Crippen LogP contribution in [0.5, 0.6) is 5.75 Å². The van der Waals surface area contributed by atoms with Gasteiger partial charge >= 0.3 is 0 Å². The molecular formula is C37H43NO. The Balaban J connectivity index is 1.11. The fraction of sp³-hybridized carbons (Fsp3) is 0.297. The molecule has 0 radical (unpaired) electrons. The zero-order chi connectivity index (χ0) is 27.1. The lowest BCUT2D eigenvalue weighted by molar-refractivity contribution is 0.281. The van der Waals surface area contributed by atoms with Crippen molar-refractivity contribution < 1.29 is 4.74 Å². The van der Waals surface area contributed by atoms with E-state index in [0.717, 1.165) is 51.1 Å². The molecule has 0 aromatic heterocycles. The van der Waals surface area contributed by atoms with Crippen LogP contribution in [0.25, 0.3) is 0 Å². The second-order valence-electron chi connectivity index (χ2n) is 10.5. The van der Waals surface area contributed by atoms with Crippen molar-refractivity contribution in [3.63, 3.8) is 0 Å². The van der Waals surface area contributed by atoms with Gasteiger partial charge in [-0.25, -0.2) is 0 Å². The number of ether oxygens (including phenoxy) is 1. The van der Waals surface area contributed by atoms with Gasteiger partial charge in [0.1, 0.15) is 12.4 Å². The maximum Gasteiger partial charge on any atom is 0.119 e. The molecule has 2 nitrogen and oxygen atoms in total. The van der Waals surface area contributed by atoms with Gasteiger partial charge in [0.2, 0.25) is 0 Å². The molecule has 0 aliphatic heterocycles. The summed E-state index contributed by atoms with van der Waals surface area (Å²) >= 11 is 0. The summed E-state index contributed by atoms with van der Waals surface area (Å²) < 4.78 is 5.92. The van der Waals surface area contributed by atoms with E-state index in [9.17, 15) is 0 Å². The monoisotopic (exact) mass is 517 g/mol. The Kier molecular flexibility index (Phi) is 11.4. The van der Waals surface area contributed by atoms with Crippen molar-refractivity contribution in [2.45, 2.75) is 52.1 Å². The van der Waals surface area contributed by atoms with Crippen molar-refractivity contribution in [2.24, 2.45) is 0 Å². The highest BCUT2D eigenvalue weighted by Gasteiger charge is 2.05. The van der Waals surface area contributed by atoms with Crippen LogP contribution in [0.15, 0.2) is 121 Å². The van der Waals surface area contributed by atoms with Crippen LogP contribution in [0.3, 0.4) is 0 Å². The summed E-state index contributed by atoms with van der Waals surface area (Å²) in [5.74, 6) is 0.933. The summed E-state index contributed by atoms with van der Waals surface area (Å²) in [6, 6.07) is 38.7. The van der Waals surface area contributed by atoms with Gasteiger partial charge in [-0.3, -0.25) is 0 Å². The van der Waals surface area contributed by atoms with Gasteiger partial charge < -0.3 is 9.64 Å². The average molecular weight is 518 g/mol. The van der Waals surface area contributed by atoms with Crippen LogP contribution in [0.2, 0.25) is 0 Å². The van der Waals surface area contributed by atoms with E-state index in [2.05, 4.69) is 109 Å². The molecule has 0 aliphatic rings. The summed E-state index contributed by atoms with van der Waals surface area (Å²) in [7, 11) is 0. The number of allylic oxidation sites excluding steroid dienone is 1. The predicted molar refractivity (Wildman–Crippen MR) is 165 cm³/mol. The standard InChI is InChI=1S/C37H43NO/c1-3-38(27-11-17-33-22-24-37(25-23-33)39-30-36-14-8-5-9-15-36)26-10-16-32-18-20-35(21-19-32)29-31(2)28-34-12-6-4-7-13-34/h4-9,12-15,18-25H,2-3,10-11,16-17,26-30H2,1H3. The van der Waals surface area contributed by atoms with E-state index in [1.165, 1.54) is 46.2 Å². The summed E-state index contributed by atoms with van der Waals surface area (Å²) in [6.45, 7) is 10.6. The first-order valence-electron chi connectivity index (χ1n) is 14.4. The summed E-state index contributed by atoms with van der Waals surface area (Å²) in [5, 5.41) is 0. The van der Waals surface area contributed by atoms with Gasteiger partial charge in [-0.2, -0.15) is 0 Å². The van der Waals surface area contributed by atoms with E-state index in [0.29, 0.717) is 6.61 Å².